The van der Waals surface area contributed by atoms with Crippen LogP contribution in [0.15, 0.2) is 48.5 Å². The van der Waals surface area contributed by atoms with E-state index in [9.17, 15) is 9.18 Å². The van der Waals surface area contributed by atoms with Crippen LogP contribution in [0.2, 0.25) is 0 Å². The minimum Gasteiger partial charge on any atom is -0.445 e. The van der Waals surface area contributed by atoms with Crippen LogP contribution in [0.3, 0.4) is 0 Å². The molecule has 0 fully saturated rings. The highest BCUT2D eigenvalue weighted by atomic mass is 19.1. The molecule has 0 bridgehead atoms. The minimum atomic E-state index is -0.579. The van der Waals surface area contributed by atoms with E-state index in [-0.39, 0.29) is 19.6 Å². The number of alkyl carbamates (subject to hydrolysis) is 1. The Balaban J connectivity index is 1.84. The maximum absolute atomic E-state index is 13.2. The second-order valence-electron chi connectivity index (χ2n) is 4.85. The molecule has 0 unspecified atom stereocenters. The molecule has 120 valence electrons. The van der Waals surface area contributed by atoms with E-state index in [2.05, 4.69) is 17.2 Å². The van der Waals surface area contributed by atoms with Gasteiger partial charge in [0.15, 0.2) is 0 Å². The van der Waals surface area contributed by atoms with Gasteiger partial charge < -0.3 is 10.1 Å². The van der Waals surface area contributed by atoms with Crippen LogP contribution in [0.5, 0.6) is 0 Å². The zero-order valence-corrected chi connectivity index (χ0v) is 12.9. The molecule has 0 aromatic heterocycles. The predicted octanol–water partition coefficient (Wildman–Crippen LogP) is 3.17. The maximum Gasteiger partial charge on any atom is 0.408 e. The Morgan fingerprint density at radius 1 is 1.21 bits per heavy atom. The normalized spacial score (nSPS) is 9.33. The van der Waals surface area contributed by atoms with Gasteiger partial charge in [-0.05, 0) is 23.3 Å². The van der Waals surface area contributed by atoms with Gasteiger partial charge in [-0.1, -0.05) is 48.2 Å². The molecule has 0 heterocycles. The topological polar surface area (TPSA) is 62.1 Å². The van der Waals surface area contributed by atoms with Crippen molar-refractivity contribution in [2.75, 3.05) is 6.54 Å². The van der Waals surface area contributed by atoms with Crippen molar-refractivity contribution in [3.63, 3.8) is 0 Å². The van der Waals surface area contributed by atoms with E-state index in [1.54, 1.807) is 0 Å². The second kappa shape index (κ2) is 8.97. The van der Waals surface area contributed by atoms with Gasteiger partial charge in [0.05, 0.1) is 19.0 Å². The fraction of sp³-hybridized carbons (Fsp3) is 0.158. The lowest BCUT2D eigenvalue weighted by molar-refractivity contribution is 0.141. The van der Waals surface area contributed by atoms with Crippen LogP contribution in [-0.4, -0.2) is 12.6 Å². The van der Waals surface area contributed by atoms with Crippen LogP contribution in [0.1, 0.15) is 16.7 Å². The van der Waals surface area contributed by atoms with Crippen LogP contribution in [0.25, 0.3) is 0 Å². The van der Waals surface area contributed by atoms with Crippen LogP contribution in [0.4, 0.5) is 9.18 Å². The van der Waals surface area contributed by atoms with Gasteiger partial charge >= 0.3 is 6.09 Å². The lowest BCUT2D eigenvalue weighted by Gasteiger charge is -2.04. The molecule has 24 heavy (non-hydrogen) atoms. The molecular weight excluding hydrogens is 307 g/mol. The Bertz CT molecular complexity index is 802. The third kappa shape index (κ3) is 5.47. The first-order valence-corrected chi connectivity index (χ1v) is 7.28. The van der Waals surface area contributed by atoms with E-state index in [0.717, 1.165) is 5.56 Å². The Morgan fingerprint density at radius 2 is 2.00 bits per heavy atom. The van der Waals surface area contributed by atoms with Crippen molar-refractivity contribution in [3.8, 4) is 17.9 Å². The molecule has 1 amide bonds. The first kappa shape index (κ1) is 17.1. The molecule has 2 rings (SSSR count). The summed E-state index contributed by atoms with van der Waals surface area (Å²) >= 11 is 0. The SMILES string of the molecule is N#CCc1ccc(F)cc1C#CCNC(=O)OCc1ccccc1. The third-order valence-electron chi connectivity index (χ3n) is 3.10. The second-order valence-corrected chi connectivity index (χ2v) is 4.85. The summed E-state index contributed by atoms with van der Waals surface area (Å²) in [7, 11) is 0. The molecular formula is C19H15FN2O2. The molecule has 1 N–H and O–H groups in total. The number of nitrogens with one attached hydrogen (secondary N) is 1. The third-order valence-corrected chi connectivity index (χ3v) is 3.10. The molecule has 2 aromatic carbocycles. The van der Waals surface area contributed by atoms with E-state index in [0.29, 0.717) is 11.1 Å². The molecule has 0 aliphatic rings. The number of amides is 1. The lowest BCUT2D eigenvalue weighted by atomic mass is 10.1. The molecule has 0 aliphatic heterocycles. The van der Waals surface area contributed by atoms with Gasteiger partial charge in [-0.15, -0.1) is 0 Å². The summed E-state index contributed by atoms with van der Waals surface area (Å²) in [5, 5.41) is 11.2. The molecule has 0 radical (unpaired) electrons. The Kier molecular flexibility index (Phi) is 6.37. The highest BCUT2D eigenvalue weighted by molar-refractivity contribution is 5.67. The standard InChI is InChI=1S/C19H15FN2O2/c20-18-9-8-16(10-11-21)17(13-18)7-4-12-22-19(23)24-14-15-5-2-1-3-6-15/h1-3,5-6,8-9,13H,10,12,14H2,(H,22,23). The number of nitriles is 1. The van der Waals surface area contributed by atoms with Gasteiger partial charge in [0.1, 0.15) is 12.4 Å². The monoisotopic (exact) mass is 322 g/mol. The van der Waals surface area contributed by atoms with Gasteiger partial charge in [0.25, 0.3) is 0 Å². The highest BCUT2D eigenvalue weighted by Gasteiger charge is 2.02. The number of hydrogen-bond acceptors (Lipinski definition) is 3. The molecule has 0 spiro atoms. The van der Waals surface area contributed by atoms with Crippen molar-refractivity contribution in [2.24, 2.45) is 0 Å². The Labute approximate surface area is 139 Å². The first-order valence-electron chi connectivity index (χ1n) is 7.28. The summed E-state index contributed by atoms with van der Waals surface area (Å²) < 4.78 is 18.3. The molecule has 4 nitrogen and oxygen atoms in total. The zero-order chi connectivity index (χ0) is 17.2. The fourth-order valence-corrected chi connectivity index (χ4v) is 1.93. The number of benzene rings is 2. The van der Waals surface area contributed by atoms with Crippen LogP contribution >= 0.6 is 0 Å². The number of hydrogen-bond donors (Lipinski definition) is 1. The molecule has 0 saturated heterocycles. The molecule has 5 heteroatoms. The van der Waals surface area contributed by atoms with Crippen molar-refractivity contribution >= 4 is 6.09 Å². The molecule has 2 aromatic rings. The van der Waals surface area contributed by atoms with Gasteiger partial charge in [-0.25, -0.2) is 9.18 Å². The largest absolute Gasteiger partial charge is 0.445 e. The van der Waals surface area contributed by atoms with Gasteiger partial charge in [0.2, 0.25) is 0 Å². The summed E-state index contributed by atoms with van der Waals surface area (Å²) in [6.07, 6.45) is -0.429. The first-order chi connectivity index (χ1) is 11.7. The fourth-order valence-electron chi connectivity index (χ4n) is 1.93. The summed E-state index contributed by atoms with van der Waals surface area (Å²) in [6, 6.07) is 15.4. The maximum atomic E-state index is 13.2. The number of carbonyl (C=O) groups excluding carboxylic acids is 1. The number of nitrogens with zero attached hydrogens (tertiary/aromatic N) is 1. The summed E-state index contributed by atoms with van der Waals surface area (Å²) in [5.41, 5.74) is 1.98. The average Bonchev–Trinajstić information content (AvgIpc) is 2.60. The number of halogens is 1. The smallest absolute Gasteiger partial charge is 0.408 e. The quantitative estimate of drug-likeness (QED) is 0.880. The van der Waals surface area contributed by atoms with Crippen LogP contribution in [-0.2, 0) is 17.8 Å². The molecule has 0 aliphatic carbocycles. The van der Waals surface area contributed by atoms with E-state index in [4.69, 9.17) is 10.00 Å². The Morgan fingerprint density at radius 3 is 2.75 bits per heavy atom. The summed E-state index contributed by atoms with van der Waals surface area (Å²) in [6.45, 7) is 0.243. The lowest BCUT2D eigenvalue weighted by Crippen LogP contribution is -2.24. The predicted molar refractivity (Wildman–Crippen MR) is 87.2 cm³/mol. The van der Waals surface area contributed by atoms with Crippen molar-refractivity contribution < 1.29 is 13.9 Å². The van der Waals surface area contributed by atoms with E-state index < -0.39 is 11.9 Å². The molecule has 0 saturated carbocycles. The van der Waals surface area contributed by atoms with Crippen molar-refractivity contribution in [2.45, 2.75) is 13.0 Å². The van der Waals surface area contributed by atoms with Gasteiger partial charge in [0, 0.05) is 5.56 Å². The molecule has 0 atom stereocenters. The van der Waals surface area contributed by atoms with Gasteiger partial charge in [-0.3, -0.25) is 0 Å². The number of ether oxygens (including phenoxy) is 1. The van der Waals surface area contributed by atoms with E-state index >= 15 is 0 Å². The van der Waals surface area contributed by atoms with Crippen LogP contribution < -0.4 is 5.32 Å². The van der Waals surface area contributed by atoms with E-state index in [1.807, 2.05) is 36.4 Å². The van der Waals surface area contributed by atoms with Crippen LogP contribution in [0, 0.1) is 29.0 Å². The minimum absolute atomic E-state index is 0.0656. The average molecular weight is 322 g/mol. The number of rotatable bonds is 4. The highest BCUT2D eigenvalue weighted by Crippen LogP contribution is 2.10. The summed E-state index contributed by atoms with van der Waals surface area (Å²) in [5.74, 6) is 5.06. The van der Waals surface area contributed by atoms with Gasteiger partial charge in [-0.2, -0.15) is 5.26 Å². The van der Waals surface area contributed by atoms with Crippen molar-refractivity contribution in [1.82, 2.24) is 5.32 Å². The van der Waals surface area contributed by atoms with E-state index in [1.165, 1.54) is 18.2 Å². The van der Waals surface area contributed by atoms with Crippen molar-refractivity contribution in [1.29, 1.82) is 5.26 Å². The summed E-state index contributed by atoms with van der Waals surface area (Å²) in [4.78, 5) is 11.5. The number of carbonyl (C=O) groups is 1. The van der Waals surface area contributed by atoms with Crippen molar-refractivity contribution in [3.05, 3.63) is 71.0 Å². The Hall–Kier alpha value is -3.31. The zero-order valence-electron chi connectivity index (χ0n) is 12.9.